The van der Waals surface area contributed by atoms with Gasteiger partial charge in [0.25, 0.3) is 0 Å². The zero-order valence-corrected chi connectivity index (χ0v) is 25.0. The Morgan fingerprint density at radius 3 is 2.31 bits per heavy atom. The van der Waals surface area contributed by atoms with Crippen molar-refractivity contribution in [2.45, 2.75) is 103 Å². The Bertz CT molecular complexity index is 840. The van der Waals surface area contributed by atoms with Crippen LogP contribution in [0.3, 0.4) is 0 Å². The number of amides is 1. The van der Waals surface area contributed by atoms with Gasteiger partial charge in [-0.15, -0.1) is 0 Å². The molecule has 1 saturated carbocycles. The topological polar surface area (TPSA) is 123 Å². The Kier molecular flexibility index (Phi) is 14.6. The van der Waals surface area contributed by atoms with Crippen molar-refractivity contribution >= 4 is 5.91 Å². The second-order valence-electron chi connectivity index (χ2n) is 12.0. The monoisotopic (exact) mass is 550 g/mol. The molecule has 0 bridgehead atoms. The molecule has 39 heavy (non-hydrogen) atoms. The predicted molar refractivity (Wildman–Crippen MR) is 155 cm³/mol. The van der Waals surface area contributed by atoms with Crippen molar-refractivity contribution in [1.82, 2.24) is 5.32 Å². The number of methoxy groups -OCH3 is 2. The van der Waals surface area contributed by atoms with Crippen molar-refractivity contribution in [3.8, 4) is 11.5 Å². The highest BCUT2D eigenvalue weighted by Crippen LogP contribution is 2.32. The third-order valence-corrected chi connectivity index (χ3v) is 8.17. The number of carbonyl (C=O) groups is 1. The molecule has 224 valence electrons. The number of benzene rings is 1. The van der Waals surface area contributed by atoms with Gasteiger partial charge in [0.2, 0.25) is 5.91 Å². The molecule has 1 amide bonds. The SMILES string of the molecule is COCCCOc1cc(C[C@@H](C[C@H](N)[C@@H](O)C[C@H](C(=O)NC2CCC(O)CC2)C(C)C)C(C)C)ccc1OC. The number of aliphatic hydroxyl groups is 2. The molecule has 1 fully saturated rings. The van der Waals surface area contributed by atoms with Gasteiger partial charge in [-0.1, -0.05) is 33.8 Å². The van der Waals surface area contributed by atoms with Gasteiger partial charge in [-0.3, -0.25) is 4.79 Å². The van der Waals surface area contributed by atoms with Crippen molar-refractivity contribution < 1.29 is 29.2 Å². The van der Waals surface area contributed by atoms with Gasteiger partial charge in [0, 0.05) is 38.1 Å². The molecule has 0 aliphatic heterocycles. The van der Waals surface area contributed by atoms with Gasteiger partial charge >= 0.3 is 0 Å². The van der Waals surface area contributed by atoms with Crippen LogP contribution in [0.25, 0.3) is 0 Å². The molecule has 4 atom stereocenters. The second-order valence-corrected chi connectivity index (χ2v) is 12.0. The van der Waals surface area contributed by atoms with Crippen LogP contribution >= 0.6 is 0 Å². The smallest absolute Gasteiger partial charge is 0.223 e. The van der Waals surface area contributed by atoms with Crippen LogP contribution < -0.4 is 20.5 Å². The van der Waals surface area contributed by atoms with E-state index < -0.39 is 12.1 Å². The molecular formula is C31H54N2O6. The first kappa shape index (κ1) is 33.3. The molecule has 5 N–H and O–H groups in total. The second kappa shape index (κ2) is 17.1. The van der Waals surface area contributed by atoms with Gasteiger partial charge in [0.15, 0.2) is 11.5 Å². The lowest BCUT2D eigenvalue weighted by Crippen LogP contribution is -2.46. The fraction of sp³-hybridized carbons (Fsp3) is 0.774. The highest BCUT2D eigenvalue weighted by molar-refractivity contribution is 5.79. The van der Waals surface area contributed by atoms with Gasteiger partial charge < -0.3 is 35.5 Å². The highest BCUT2D eigenvalue weighted by atomic mass is 16.5. The maximum absolute atomic E-state index is 13.1. The van der Waals surface area contributed by atoms with Crippen LogP contribution in [-0.4, -0.2) is 67.8 Å². The molecular weight excluding hydrogens is 496 g/mol. The van der Waals surface area contributed by atoms with Crippen LogP contribution in [0.5, 0.6) is 11.5 Å². The van der Waals surface area contributed by atoms with Gasteiger partial charge in [0.1, 0.15) is 0 Å². The summed E-state index contributed by atoms with van der Waals surface area (Å²) in [7, 11) is 3.31. The lowest BCUT2D eigenvalue weighted by molar-refractivity contribution is -0.128. The van der Waals surface area contributed by atoms with E-state index in [0.717, 1.165) is 49.8 Å². The van der Waals surface area contributed by atoms with Crippen molar-refractivity contribution in [3.63, 3.8) is 0 Å². The summed E-state index contributed by atoms with van der Waals surface area (Å²) in [5.74, 6) is 1.79. The van der Waals surface area contributed by atoms with Crippen molar-refractivity contribution in [2.75, 3.05) is 27.4 Å². The summed E-state index contributed by atoms with van der Waals surface area (Å²) >= 11 is 0. The molecule has 8 heteroatoms. The average molecular weight is 551 g/mol. The minimum atomic E-state index is -0.770. The molecule has 1 aromatic rings. The maximum Gasteiger partial charge on any atom is 0.223 e. The quantitative estimate of drug-likeness (QED) is 0.216. The maximum atomic E-state index is 13.1. The van der Waals surface area contributed by atoms with E-state index >= 15 is 0 Å². The third kappa shape index (κ3) is 11.3. The largest absolute Gasteiger partial charge is 0.493 e. The van der Waals surface area contributed by atoms with Crippen molar-refractivity contribution in [1.29, 1.82) is 0 Å². The number of hydrogen-bond acceptors (Lipinski definition) is 7. The van der Waals surface area contributed by atoms with Crippen LogP contribution in [0.1, 0.15) is 78.2 Å². The first-order valence-electron chi connectivity index (χ1n) is 14.8. The molecule has 2 rings (SSSR count). The van der Waals surface area contributed by atoms with Gasteiger partial charge in [-0.05, 0) is 80.4 Å². The minimum Gasteiger partial charge on any atom is -0.493 e. The third-order valence-electron chi connectivity index (χ3n) is 8.17. The Balaban J connectivity index is 1.99. The lowest BCUT2D eigenvalue weighted by atomic mass is 9.80. The van der Waals surface area contributed by atoms with Crippen LogP contribution in [0.15, 0.2) is 18.2 Å². The van der Waals surface area contributed by atoms with E-state index in [9.17, 15) is 15.0 Å². The van der Waals surface area contributed by atoms with E-state index in [2.05, 4.69) is 25.2 Å². The Morgan fingerprint density at radius 2 is 1.72 bits per heavy atom. The van der Waals surface area contributed by atoms with Crippen LogP contribution in [0, 0.1) is 23.7 Å². The van der Waals surface area contributed by atoms with E-state index in [0.29, 0.717) is 37.7 Å². The summed E-state index contributed by atoms with van der Waals surface area (Å²) in [6, 6.07) is 5.69. The number of carbonyl (C=O) groups excluding carboxylic acids is 1. The zero-order valence-electron chi connectivity index (χ0n) is 25.0. The Morgan fingerprint density at radius 1 is 1.03 bits per heavy atom. The normalized spacial score (nSPS) is 20.9. The van der Waals surface area contributed by atoms with Gasteiger partial charge in [-0.2, -0.15) is 0 Å². The molecule has 1 aromatic carbocycles. The van der Waals surface area contributed by atoms with Crippen LogP contribution in [0.2, 0.25) is 0 Å². The summed E-state index contributed by atoms with van der Waals surface area (Å²) < 4.78 is 16.5. The number of nitrogens with two attached hydrogens (primary N) is 1. The molecule has 0 aromatic heterocycles. The summed E-state index contributed by atoms with van der Waals surface area (Å²) in [6.45, 7) is 9.58. The molecule has 1 aliphatic rings. The van der Waals surface area contributed by atoms with E-state index in [1.54, 1.807) is 14.2 Å². The molecule has 8 nitrogen and oxygen atoms in total. The van der Waals surface area contributed by atoms with Gasteiger partial charge in [0.05, 0.1) is 25.9 Å². The molecule has 0 spiro atoms. The molecule has 1 aliphatic carbocycles. The molecule has 0 unspecified atom stereocenters. The number of aliphatic hydroxyl groups excluding tert-OH is 2. The predicted octanol–water partition coefficient (Wildman–Crippen LogP) is 4.09. The van der Waals surface area contributed by atoms with Crippen molar-refractivity contribution in [3.05, 3.63) is 23.8 Å². The zero-order chi connectivity index (χ0) is 28.9. The Labute approximate surface area is 236 Å². The molecule has 0 saturated heterocycles. The fourth-order valence-corrected chi connectivity index (χ4v) is 5.39. The summed E-state index contributed by atoms with van der Waals surface area (Å²) in [5, 5.41) is 24.0. The number of ether oxygens (including phenoxy) is 3. The van der Waals surface area contributed by atoms with Gasteiger partial charge in [-0.25, -0.2) is 0 Å². The van der Waals surface area contributed by atoms with E-state index in [-0.39, 0.29) is 35.8 Å². The first-order valence-corrected chi connectivity index (χ1v) is 14.8. The van der Waals surface area contributed by atoms with Crippen LogP contribution in [0.4, 0.5) is 0 Å². The summed E-state index contributed by atoms with van der Waals surface area (Å²) in [6.07, 6.45) is 4.59. The lowest BCUT2D eigenvalue weighted by Gasteiger charge is -2.32. The summed E-state index contributed by atoms with van der Waals surface area (Å²) in [4.78, 5) is 13.1. The number of hydrogen-bond donors (Lipinski definition) is 4. The average Bonchev–Trinajstić information content (AvgIpc) is 2.90. The van der Waals surface area contributed by atoms with E-state index in [1.807, 2.05) is 26.0 Å². The summed E-state index contributed by atoms with van der Waals surface area (Å²) in [5.41, 5.74) is 7.70. The Hall–Kier alpha value is -1.87. The molecule has 0 heterocycles. The first-order chi connectivity index (χ1) is 18.5. The molecule has 0 radical (unpaired) electrons. The van der Waals surface area contributed by atoms with Crippen molar-refractivity contribution in [2.24, 2.45) is 29.4 Å². The highest BCUT2D eigenvalue weighted by Gasteiger charge is 2.31. The van der Waals surface area contributed by atoms with E-state index in [1.165, 1.54) is 0 Å². The van der Waals surface area contributed by atoms with Crippen LogP contribution in [-0.2, 0) is 16.0 Å². The number of rotatable bonds is 17. The number of nitrogens with one attached hydrogen (secondary N) is 1. The van der Waals surface area contributed by atoms with E-state index in [4.69, 9.17) is 19.9 Å². The minimum absolute atomic E-state index is 0.0192. The standard InChI is InChI=1S/C31H54N2O6/c1-20(2)23(16-22-8-13-29(38-6)30(17-22)39-15-7-14-37-5)18-27(32)28(35)19-26(21(3)4)31(36)33-24-9-11-25(34)12-10-24/h8,13,17,20-21,23-28,34-35H,7,9-12,14-16,18-19,32H2,1-6H3,(H,33,36)/t23-,24?,25?,26-,27-,28-/m0/s1. The fourth-order valence-electron chi connectivity index (χ4n) is 5.39.